The second-order valence-corrected chi connectivity index (χ2v) is 5.72. The number of halogens is 2. The summed E-state index contributed by atoms with van der Waals surface area (Å²) in [7, 11) is 0. The van der Waals surface area contributed by atoms with E-state index in [0.717, 1.165) is 24.3 Å². The first-order valence-electron chi connectivity index (χ1n) is 7.41. The van der Waals surface area contributed by atoms with Crippen molar-refractivity contribution in [3.8, 4) is 11.3 Å². The standard InChI is InChI=1S/C17H19ClN2O.ClH/c18-12-14-6-9-16(19-17(14)21)13-4-7-15(8-5-13)20-10-2-1-3-11-20;/h4-9H,1-3,10-12H2,(H,19,21);1H. The van der Waals surface area contributed by atoms with E-state index in [-0.39, 0.29) is 23.8 Å². The van der Waals surface area contributed by atoms with E-state index >= 15 is 0 Å². The van der Waals surface area contributed by atoms with Gasteiger partial charge in [0.05, 0.1) is 5.88 Å². The van der Waals surface area contributed by atoms with Crippen molar-refractivity contribution in [2.24, 2.45) is 0 Å². The van der Waals surface area contributed by atoms with E-state index < -0.39 is 0 Å². The number of anilines is 1. The molecule has 1 aliphatic rings. The van der Waals surface area contributed by atoms with E-state index in [1.54, 1.807) is 6.07 Å². The summed E-state index contributed by atoms with van der Waals surface area (Å²) in [6, 6.07) is 12.1. The van der Waals surface area contributed by atoms with Gasteiger partial charge in [-0.25, -0.2) is 0 Å². The van der Waals surface area contributed by atoms with Crippen LogP contribution >= 0.6 is 24.0 Å². The van der Waals surface area contributed by atoms with Crippen LogP contribution < -0.4 is 10.5 Å². The number of hydrogen-bond donors (Lipinski definition) is 1. The average Bonchev–Trinajstić information content (AvgIpc) is 2.56. The first kappa shape index (κ1) is 16.9. The van der Waals surface area contributed by atoms with Gasteiger partial charge in [-0.05, 0) is 43.0 Å². The first-order chi connectivity index (χ1) is 10.3. The summed E-state index contributed by atoms with van der Waals surface area (Å²) in [5, 5.41) is 0. The maximum absolute atomic E-state index is 11.8. The molecule has 0 amide bonds. The molecule has 0 saturated carbocycles. The fourth-order valence-corrected chi connectivity index (χ4v) is 2.99. The van der Waals surface area contributed by atoms with Crippen LogP contribution in [0.2, 0.25) is 0 Å². The highest BCUT2D eigenvalue weighted by Gasteiger charge is 2.11. The number of alkyl halides is 1. The molecule has 22 heavy (non-hydrogen) atoms. The topological polar surface area (TPSA) is 36.1 Å². The second-order valence-electron chi connectivity index (χ2n) is 5.45. The van der Waals surface area contributed by atoms with Gasteiger partial charge in [-0.15, -0.1) is 24.0 Å². The Morgan fingerprint density at radius 3 is 2.27 bits per heavy atom. The molecular formula is C17H20Cl2N2O. The van der Waals surface area contributed by atoms with Crippen molar-refractivity contribution in [3.05, 3.63) is 52.3 Å². The van der Waals surface area contributed by atoms with Crippen molar-refractivity contribution in [1.82, 2.24) is 4.98 Å². The number of rotatable bonds is 3. The third-order valence-corrected chi connectivity index (χ3v) is 4.32. The van der Waals surface area contributed by atoms with Gasteiger partial charge in [0.15, 0.2) is 0 Å². The Balaban J connectivity index is 0.00000176. The Morgan fingerprint density at radius 2 is 1.68 bits per heavy atom. The molecule has 2 heterocycles. The normalized spacial score (nSPS) is 14.5. The fraction of sp³-hybridized carbons (Fsp3) is 0.353. The van der Waals surface area contributed by atoms with Crippen molar-refractivity contribution in [1.29, 1.82) is 0 Å². The molecule has 1 aromatic heterocycles. The van der Waals surface area contributed by atoms with Crippen LogP contribution in [0, 0.1) is 0 Å². The molecular weight excluding hydrogens is 319 g/mol. The van der Waals surface area contributed by atoms with Gasteiger partial charge in [0.2, 0.25) is 0 Å². The summed E-state index contributed by atoms with van der Waals surface area (Å²) in [4.78, 5) is 17.1. The molecule has 0 bridgehead atoms. The number of H-pyrrole nitrogens is 1. The number of nitrogens with zero attached hydrogens (tertiary/aromatic N) is 1. The van der Waals surface area contributed by atoms with Gasteiger partial charge in [0, 0.05) is 30.0 Å². The summed E-state index contributed by atoms with van der Waals surface area (Å²) in [5.74, 6) is 0.240. The Morgan fingerprint density at radius 1 is 1.00 bits per heavy atom. The molecule has 0 aliphatic carbocycles. The first-order valence-corrected chi connectivity index (χ1v) is 7.95. The number of aromatic nitrogens is 1. The minimum Gasteiger partial charge on any atom is -0.372 e. The molecule has 3 rings (SSSR count). The lowest BCUT2D eigenvalue weighted by Gasteiger charge is -2.28. The zero-order valence-electron chi connectivity index (χ0n) is 12.3. The molecule has 1 N–H and O–H groups in total. The lowest BCUT2D eigenvalue weighted by Crippen LogP contribution is -2.29. The van der Waals surface area contributed by atoms with Crippen molar-refractivity contribution < 1.29 is 0 Å². The highest BCUT2D eigenvalue weighted by Crippen LogP contribution is 2.23. The van der Waals surface area contributed by atoms with Crippen LogP contribution in [-0.4, -0.2) is 18.1 Å². The second kappa shape index (κ2) is 7.70. The predicted octanol–water partition coefficient (Wildman–Crippen LogP) is 4.19. The minimum absolute atomic E-state index is 0. The van der Waals surface area contributed by atoms with Crippen LogP contribution in [0.1, 0.15) is 24.8 Å². The molecule has 0 spiro atoms. The predicted molar refractivity (Wildman–Crippen MR) is 95.4 cm³/mol. The van der Waals surface area contributed by atoms with Crippen LogP contribution in [0.25, 0.3) is 11.3 Å². The van der Waals surface area contributed by atoms with Crippen LogP contribution in [0.4, 0.5) is 5.69 Å². The Bertz CT molecular complexity index is 661. The lowest BCUT2D eigenvalue weighted by atomic mass is 10.1. The van der Waals surface area contributed by atoms with Gasteiger partial charge >= 0.3 is 0 Å². The van der Waals surface area contributed by atoms with Gasteiger partial charge in [0.25, 0.3) is 5.56 Å². The fourth-order valence-electron chi connectivity index (χ4n) is 2.78. The number of nitrogens with one attached hydrogen (secondary N) is 1. The molecule has 1 aromatic carbocycles. The number of pyridine rings is 1. The van der Waals surface area contributed by atoms with Gasteiger partial charge in [-0.3, -0.25) is 4.79 Å². The van der Waals surface area contributed by atoms with Gasteiger partial charge in [-0.1, -0.05) is 18.2 Å². The molecule has 5 heteroatoms. The van der Waals surface area contributed by atoms with Crippen molar-refractivity contribution in [2.45, 2.75) is 25.1 Å². The Kier molecular flexibility index (Phi) is 5.92. The van der Waals surface area contributed by atoms with E-state index in [1.165, 1.54) is 24.9 Å². The van der Waals surface area contributed by atoms with Crippen LogP contribution in [-0.2, 0) is 5.88 Å². The molecule has 2 aromatic rings. The number of hydrogen-bond acceptors (Lipinski definition) is 2. The maximum atomic E-state index is 11.8. The van der Waals surface area contributed by atoms with E-state index in [1.807, 2.05) is 6.07 Å². The number of piperidine rings is 1. The van der Waals surface area contributed by atoms with Crippen LogP contribution in [0.15, 0.2) is 41.2 Å². The van der Waals surface area contributed by atoms with E-state index in [2.05, 4.69) is 34.1 Å². The summed E-state index contributed by atoms with van der Waals surface area (Å²) >= 11 is 5.71. The van der Waals surface area contributed by atoms with Crippen molar-refractivity contribution in [2.75, 3.05) is 18.0 Å². The van der Waals surface area contributed by atoms with Gasteiger partial charge in [-0.2, -0.15) is 0 Å². The molecule has 1 saturated heterocycles. The number of aromatic amines is 1. The lowest BCUT2D eigenvalue weighted by molar-refractivity contribution is 0.578. The summed E-state index contributed by atoms with van der Waals surface area (Å²) in [6.07, 6.45) is 3.88. The van der Waals surface area contributed by atoms with Gasteiger partial charge < -0.3 is 9.88 Å². The molecule has 0 unspecified atom stereocenters. The van der Waals surface area contributed by atoms with Crippen molar-refractivity contribution in [3.63, 3.8) is 0 Å². The van der Waals surface area contributed by atoms with E-state index in [0.29, 0.717) is 5.56 Å². The zero-order chi connectivity index (χ0) is 14.7. The molecule has 0 atom stereocenters. The quantitative estimate of drug-likeness (QED) is 0.851. The molecule has 1 fully saturated rings. The third kappa shape index (κ3) is 3.65. The largest absolute Gasteiger partial charge is 0.372 e. The molecule has 3 nitrogen and oxygen atoms in total. The SMILES string of the molecule is Cl.O=c1[nH]c(-c2ccc(N3CCCCC3)cc2)ccc1CCl. The maximum Gasteiger partial charge on any atom is 0.252 e. The smallest absolute Gasteiger partial charge is 0.252 e. The molecule has 0 radical (unpaired) electrons. The summed E-state index contributed by atoms with van der Waals surface area (Å²) in [5.41, 5.74) is 3.61. The highest BCUT2D eigenvalue weighted by atomic mass is 35.5. The van der Waals surface area contributed by atoms with Gasteiger partial charge in [0.1, 0.15) is 0 Å². The van der Waals surface area contributed by atoms with Crippen LogP contribution in [0.3, 0.4) is 0 Å². The van der Waals surface area contributed by atoms with Crippen LogP contribution in [0.5, 0.6) is 0 Å². The monoisotopic (exact) mass is 338 g/mol. The summed E-state index contributed by atoms with van der Waals surface area (Å²) in [6.45, 7) is 2.28. The Hall–Kier alpha value is -1.45. The average molecular weight is 339 g/mol. The van der Waals surface area contributed by atoms with E-state index in [4.69, 9.17) is 11.6 Å². The summed E-state index contributed by atoms with van der Waals surface area (Å²) < 4.78 is 0. The third-order valence-electron chi connectivity index (χ3n) is 4.03. The molecule has 118 valence electrons. The van der Waals surface area contributed by atoms with Crippen molar-refractivity contribution >= 4 is 29.7 Å². The minimum atomic E-state index is -0.109. The van der Waals surface area contributed by atoms with E-state index in [9.17, 15) is 4.79 Å². The zero-order valence-corrected chi connectivity index (χ0v) is 13.9. The highest BCUT2D eigenvalue weighted by molar-refractivity contribution is 6.17. The Labute approximate surface area is 141 Å². The molecule has 1 aliphatic heterocycles. The number of benzene rings is 1.